The highest BCUT2D eigenvalue weighted by Gasteiger charge is 2.22. The first kappa shape index (κ1) is 10.8. The number of aromatic nitrogens is 1. The second kappa shape index (κ2) is 4.85. The summed E-state index contributed by atoms with van der Waals surface area (Å²) in [5, 5.41) is 0. The maximum Gasteiger partial charge on any atom is 0.248 e. The van der Waals surface area contributed by atoms with Gasteiger partial charge in [-0.3, -0.25) is 4.98 Å². The van der Waals surface area contributed by atoms with Gasteiger partial charge >= 0.3 is 0 Å². The van der Waals surface area contributed by atoms with E-state index in [9.17, 15) is 8.78 Å². The molecule has 0 aliphatic rings. The maximum atomic E-state index is 12.5. The van der Waals surface area contributed by atoms with Crippen LogP contribution in [-0.4, -0.2) is 25.1 Å². The summed E-state index contributed by atoms with van der Waals surface area (Å²) in [5.74, 6) is -0.515. The Labute approximate surface area is 80.9 Å². The molecule has 0 saturated carbocycles. The number of nitrogens with two attached hydrogens (primary N) is 1. The minimum atomic E-state index is -2.50. The lowest BCUT2D eigenvalue weighted by molar-refractivity contribution is 0.115. The van der Waals surface area contributed by atoms with Crippen LogP contribution in [0.25, 0.3) is 0 Å². The lowest BCUT2D eigenvalue weighted by atomic mass is 10.1. The van der Waals surface area contributed by atoms with E-state index in [1.807, 2.05) is 0 Å². The molecule has 1 rings (SSSR count). The fraction of sp³-hybridized carbons (Fsp3) is 0.444. The summed E-state index contributed by atoms with van der Waals surface area (Å²) < 4.78 is 29.8. The van der Waals surface area contributed by atoms with Gasteiger partial charge in [0.2, 0.25) is 6.43 Å². The van der Waals surface area contributed by atoms with Crippen molar-refractivity contribution < 1.29 is 13.5 Å². The standard InChI is InChI=1S/C9H12F2N2O/c1-14-6-2-3-13-8(4-6)7(5-12)9(10)11/h2-4,7,9H,5,12H2,1H3. The topological polar surface area (TPSA) is 48.1 Å². The Morgan fingerprint density at radius 3 is 2.79 bits per heavy atom. The van der Waals surface area contributed by atoms with Gasteiger partial charge in [-0.1, -0.05) is 0 Å². The molecule has 14 heavy (non-hydrogen) atoms. The van der Waals surface area contributed by atoms with Gasteiger partial charge in [0.1, 0.15) is 5.75 Å². The molecule has 0 spiro atoms. The lowest BCUT2D eigenvalue weighted by Crippen LogP contribution is -2.20. The molecular formula is C9H12F2N2O. The Kier molecular flexibility index (Phi) is 3.76. The summed E-state index contributed by atoms with van der Waals surface area (Å²) in [4.78, 5) is 3.84. The zero-order chi connectivity index (χ0) is 10.6. The largest absolute Gasteiger partial charge is 0.497 e. The molecule has 0 saturated heterocycles. The molecule has 1 heterocycles. The van der Waals surface area contributed by atoms with Gasteiger partial charge in [-0.25, -0.2) is 8.78 Å². The molecule has 0 aromatic carbocycles. The molecule has 0 fully saturated rings. The molecule has 78 valence electrons. The molecule has 2 N–H and O–H groups in total. The van der Waals surface area contributed by atoms with Gasteiger partial charge in [-0.05, 0) is 6.07 Å². The summed E-state index contributed by atoms with van der Waals surface area (Å²) >= 11 is 0. The van der Waals surface area contributed by atoms with Gasteiger partial charge in [0.25, 0.3) is 0 Å². The third-order valence-corrected chi connectivity index (χ3v) is 1.93. The van der Waals surface area contributed by atoms with Crippen LogP contribution in [0.5, 0.6) is 5.75 Å². The van der Waals surface area contributed by atoms with Crippen LogP contribution in [-0.2, 0) is 0 Å². The molecule has 0 bridgehead atoms. The van der Waals surface area contributed by atoms with E-state index in [1.54, 1.807) is 6.07 Å². The molecule has 0 aliphatic heterocycles. The van der Waals surface area contributed by atoms with Gasteiger partial charge in [0.15, 0.2) is 0 Å². The van der Waals surface area contributed by atoms with Crippen molar-refractivity contribution >= 4 is 0 Å². The third-order valence-electron chi connectivity index (χ3n) is 1.93. The lowest BCUT2D eigenvalue weighted by Gasteiger charge is -2.13. The van der Waals surface area contributed by atoms with Gasteiger partial charge in [0.05, 0.1) is 18.7 Å². The van der Waals surface area contributed by atoms with Crippen LogP contribution in [0.15, 0.2) is 18.3 Å². The van der Waals surface area contributed by atoms with E-state index in [0.29, 0.717) is 5.75 Å². The molecule has 1 aromatic rings. The number of methoxy groups -OCH3 is 1. The predicted octanol–water partition coefficient (Wildman–Crippen LogP) is 1.40. The van der Waals surface area contributed by atoms with E-state index in [4.69, 9.17) is 10.5 Å². The van der Waals surface area contributed by atoms with E-state index in [1.165, 1.54) is 19.4 Å². The molecule has 0 radical (unpaired) electrons. The zero-order valence-corrected chi connectivity index (χ0v) is 7.78. The van der Waals surface area contributed by atoms with Crippen molar-refractivity contribution in [1.29, 1.82) is 0 Å². The quantitative estimate of drug-likeness (QED) is 0.802. The van der Waals surface area contributed by atoms with E-state index in [2.05, 4.69) is 4.98 Å². The average molecular weight is 202 g/mol. The van der Waals surface area contributed by atoms with Crippen LogP contribution in [0.4, 0.5) is 8.78 Å². The Balaban J connectivity index is 2.92. The van der Waals surface area contributed by atoms with Gasteiger partial charge in [0, 0.05) is 18.8 Å². The SMILES string of the molecule is COc1ccnc(C(CN)C(F)F)c1. The second-order valence-corrected chi connectivity index (χ2v) is 2.80. The Morgan fingerprint density at radius 2 is 2.29 bits per heavy atom. The van der Waals surface area contributed by atoms with Crippen LogP contribution >= 0.6 is 0 Å². The van der Waals surface area contributed by atoms with E-state index in [-0.39, 0.29) is 12.2 Å². The molecule has 3 nitrogen and oxygen atoms in total. The molecule has 1 unspecified atom stereocenters. The van der Waals surface area contributed by atoms with Crippen molar-refractivity contribution in [2.45, 2.75) is 12.3 Å². The van der Waals surface area contributed by atoms with Crippen LogP contribution in [0, 0.1) is 0 Å². The second-order valence-electron chi connectivity index (χ2n) is 2.80. The van der Waals surface area contributed by atoms with Crippen LogP contribution < -0.4 is 10.5 Å². The van der Waals surface area contributed by atoms with Gasteiger partial charge in [-0.2, -0.15) is 0 Å². The summed E-state index contributed by atoms with van der Waals surface area (Å²) in [7, 11) is 1.47. The number of pyridine rings is 1. The monoisotopic (exact) mass is 202 g/mol. The molecule has 0 aliphatic carbocycles. The summed E-state index contributed by atoms with van der Waals surface area (Å²) in [6.07, 6.45) is -1.07. The minimum absolute atomic E-state index is 0.127. The van der Waals surface area contributed by atoms with Crippen molar-refractivity contribution in [1.82, 2.24) is 4.98 Å². The van der Waals surface area contributed by atoms with E-state index >= 15 is 0 Å². The van der Waals surface area contributed by atoms with Crippen LogP contribution in [0.1, 0.15) is 11.6 Å². The number of halogens is 2. The normalized spacial score (nSPS) is 12.9. The Hall–Kier alpha value is -1.23. The fourth-order valence-corrected chi connectivity index (χ4v) is 1.11. The van der Waals surface area contributed by atoms with Crippen molar-refractivity contribution in [3.8, 4) is 5.75 Å². The highest BCUT2D eigenvalue weighted by molar-refractivity contribution is 5.25. The number of rotatable bonds is 4. The number of hydrogen-bond acceptors (Lipinski definition) is 3. The highest BCUT2D eigenvalue weighted by Crippen LogP contribution is 2.23. The Bertz CT molecular complexity index is 294. The van der Waals surface area contributed by atoms with Crippen molar-refractivity contribution in [3.05, 3.63) is 24.0 Å². The summed E-state index contributed by atoms with van der Waals surface area (Å²) in [6, 6.07) is 3.08. The maximum absolute atomic E-state index is 12.5. The van der Waals surface area contributed by atoms with Gasteiger partial charge in [-0.15, -0.1) is 0 Å². The van der Waals surface area contributed by atoms with Crippen molar-refractivity contribution in [2.24, 2.45) is 5.73 Å². The fourth-order valence-electron chi connectivity index (χ4n) is 1.11. The van der Waals surface area contributed by atoms with Crippen LogP contribution in [0.2, 0.25) is 0 Å². The number of nitrogens with zero attached hydrogens (tertiary/aromatic N) is 1. The van der Waals surface area contributed by atoms with Gasteiger partial charge < -0.3 is 10.5 Å². The van der Waals surface area contributed by atoms with Crippen LogP contribution in [0.3, 0.4) is 0 Å². The zero-order valence-electron chi connectivity index (χ0n) is 7.78. The first-order chi connectivity index (χ1) is 6.69. The first-order valence-electron chi connectivity index (χ1n) is 4.17. The van der Waals surface area contributed by atoms with Crippen molar-refractivity contribution in [2.75, 3.05) is 13.7 Å². The molecule has 1 aromatic heterocycles. The van der Waals surface area contributed by atoms with E-state index < -0.39 is 12.3 Å². The number of ether oxygens (including phenoxy) is 1. The molecule has 5 heteroatoms. The Morgan fingerprint density at radius 1 is 1.57 bits per heavy atom. The summed E-state index contributed by atoms with van der Waals surface area (Å²) in [5.41, 5.74) is 5.50. The smallest absolute Gasteiger partial charge is 0.248 e. The van der Waals surface area contributed by atoms with E-state index in [0.717, 1.165) is 0 Å². The van der Waals surface area contributed by atoms with Crippen molar-refractivity contribution in [3.63, 3.8) is 0 Å². The predicted molar refractivity (Wildman–Crippen MR) is 48.6 cm³/mol. The molecular weight excluding hydrogens is 190 g/mol. The minimum Gasteiger partial charge on any atom is -0.497 e. The number of alkyl halides is 2. The highest BCUT2D eigenvalue weighted by atomic mass is 19.3. The number of hydrogen-bond donors (Lipinski definition) is 1. The molecule has 0 amide bonds. The first-order valence-corrected chi connectivity index (χ1v) is 4.17. The average Bonchev–Trinajstić information content (AvgIpc) is 2.19. The summed E-state index contributed by atoms with van der Waals surface area (Å²) in [6.45, 7) is -0.127. The molecule has 1 atom stereocenters. The third kappa shape index (κ3) is 2.38.